The number of rotatable bonds is 7. The molecule has 1 aliphatic carbocycles. The van der Waals surface area contributed by atoms with Gasteiger partial charge in [-0.1, -0.05) is 20.8 Å². The van der Waals surface area contributed by atoms with E-state index in [-0.39, 0.29) is 24.7 Å². The van der Waals surface area contributed by atoms with Crippen LogP contribution in [0.25, 0.3) is 0 Å². The highest BCUT2D eigenvalue weighted by molar-refractivity contribution is 5.77. The van der Waals surface area contributed by atoms with Crippen LogP contribution in [0.1, 0.15) is 53.4 Å². The number of amides is 1. The van der Waals surface area contributed by atoms with E-state index in [1.165, 1.54) is 0 Å². The lowest BCUT2D eigenvalue weighted by molar-refractivity contribution is -0.129. The SMILES string of the molecule is CCNC1CCC(OCC(=O)NC(C)C(C)C)CC1. The molecule has 1 fully saturated rings. The van der Waals surface area contributed by atoms with Crippen LogP contribution in [0.2, 0.25) is 0 Å². The third kappa shape index (κ3) is 6.39. The summed E-state index contributed by atoms with van der Waals surface area (Å²) in [6, 6.07) is 0.847. The minimum absolute atomic E-state index is 0.00927. The molecule has 1 saturated carbocycles. The average molecular weight is 270 g/mol. The van der Waals surface area contributed by atoms with Crippen molar-refractivity contribution in [2.45, 2.75) is 71.6 Å². The topological polar surface area (TPSA) is 50.4 Å². The highest BCUT2D eigenvalue weighted by atomic mass is 16.5. The van der Waals surface area contributed by atoms with Gasteiger partial charge in [-0.25, -0.2) is 0 Å². The zero-order chi connectivity index (χ0) is 14.3. The van der Waals surface area contributed by atoms with Crippen molar-refractivity contribution < 1.29 is 9.53 Å². The third-order valence-corrected chi connectivity index (χ3v) is 4.01. The average Bonchev–Trinajstić information content (AvgIpc) is 2.38. The monoisotopic (exact) mass is 270 g/mol. The van der Waals surface area contributed by atoms with Crippen LogP contribution < -0.4 is 10.6 Å². The Morgan fingerprint density at radius 1 is 1.21 bits per heavy atom. The van der Waals surface area contributed by atoms with Gasteiger partial charge in [-0.15, -0.1) is 0 Å². The molecule has 19 heavy (non-hydrogen) atoms. The minimum atomic E-state index is 0.00927. The molecule has 1 atom stereocenters. The Kier molecular flexibility index (Phi) is 7.39. The van der Waals surface area contributed by atoms with Crippen LogP contribution in [0.5, 0.6) is 0 Å². The van der Waals surface area contributed by atoms with E-state index in [2.05, 4.69) is 31.4 Å². The molecule has 112 valence electrons. The standard InChI is InChI=1S/C15H30N2O2/c1-5-16-13-6-8-14(9-7-13)19-10-15(18)17-12(4)11(2)3/h11-14,16H,5-10H2,1-4H3,(H,17,18). The van der Waals surface area contributed by atoms with Gasteiger partial charge in [0.1, 0.15) is 6.61 Å². The highest BCUT2D eigenvalue weighted by Gasteiger charge is 2.21. The second-order valence-electron chi connectivity index (χ2n) is 5.94. The summed E-state index contributed by atoms with van der Waals surface area (Å²) in [6.07, 6.45) is 4.69. The van der Waals surface area contributed by atoms with E-state index in [0.717, 1.165) is 32.2 Å². The van der Waals surface area contributed by atoms with Crippen LogP contribution in [0.4, 0.5) is 0 Å². The number of ether oxygens (including phenoxy) is 1. The zero-order valence-corrected chi connectivity index (χ0v) is 12.9. The molecule has 0 radical (unpaired) electrons. The van der Waals surface area contributed by atoms with Gasteiger partial charge in [-0.2, -0.15) is 0 Å². The number of hydrogen-bond donors (Lipinski definition) is 2. The van der Waals surface area contributed by atoms with E-state index in [4.69, 9.17) is 4.74 Å². The molecule has 0 aromatic carbocycles. The van der Waals surface area contributed by atoms with E-state index >= 15 is 0 Å². The normalized spacial score (nSPS) is 25.3. The van der Waals surface area contributed by atoms with Crippen LogP contribution >= 0.6 is 0 Å². The summed E-state index contributed by atoms with van der Waals surface area (Å²) in [5, 5.41) is 6.45. The van der Waals surface area contributed by atoms with Gasteiger partial charge < -0.3 is 15.4 Å². The van der Waals surface area contributed by atoms with Crippen molar-refractivity contribution in [3.8, 4) is 0 Å². The van der Waals surface area contributed by atoms with Crippen LogP contribution in [-0.4, -0.2) is 37.2 Å². The molecule has 0 aromatic heterocycles. The summed E-state index contributed by atoms with van der Waals surface area (Å²) in [4.78, 5) is 11.7. The van der Waals surface area contributed by atoms with Gasteiger partial charge in [0.2, 0.25) is 5.91 Å². The van der Waals surface area contributed by atoms with E-state index < -0.39 is 0 Å². The molecular formula is C15H30N2O2. The van der Waals surface area contributed by atoms with E-state index in [0.29, 0.717) is 12.0 Å². The van der Waals surface area contributed by atoms with Gasteiger partial charge in [-0.3, -0.25) is 4.79 Å². The molecule has 0 aromatic rings. The molecule has 4 heteroatoms. The smallest absolute Gasteiger partial charge is 0.246 e. The summed E-state index contributed by atoms with van der Waals surface area (Å²) in [6.45, 7) is 9.62. The first-order valence-corrected chi connectivity index (χ1v) is 7.67. The van der Waals surface area contributed by atoms with Gasteiger partial charge in [0.25, 0.3) is 0 Å². The molecule has 2 N–H and O–H groups in total. The maximum atomic E-state index is 11.7. The lowest BCUT2D eigenvalue weighted by Crippen LogP contribution is -2.40. The molecule has 0 heterocycles. The fourth-order valence-electron chi connectivity index (χ4n) is 2.38. The zero-order valence-electron chi connectivity index (χ0n) is 12.9. The van der Waals surface area contributed by atoms with Crippen molar-refractivity contribution in [1.29, 1.82) is 0 Å². The first-order chi connectivity index (χ1) is 9.02. The predicted octanol–water partition coefficient (Wildman–Crippen LogP) is 2.08. The molecule has 0 bridgehead atoms. The Hall–Kier alpha value is -0.610. The van der Waals surface area contributed by atoms with Gasteiger partial charge in [-0.05, 0) is 45.1 Å². The van der Waals surface area contributed by atoms with E-state index in [1.54, 1.807) is 0 Å². The number of carbonyl (C=O) groups is 1. The molecule has 0 aliphatic heterocycles. The van der Waals surface area contributed by atoms with E-state index in [9.17, 15) is 4.79 Å². The van der Waals surface area contributed by atoms with Crippen molar-refractivity contribution >= 4 is 5.91 Å². The molecule has 0 spiro atoms. The fraction of sp³-hybridized carbons (Fsp3) is 0.933. The quantitative estimate of drug-likeness (QED) is 0.745. The Balaban J connectivity index is 2.15. The Bertz CT molecular complexity index is 261. The molecule has 1 unspecified atom stereocenters. The van der Waals surface area contributed by atoms with Crippen molar-refractivity contribution in [1.82, 2.24) is 10.6 Å². The molecule has 1 aliphatic rings. The van der Waals surface area contributed by atoms with Crippen LogP contribution in [0.15, 0.2) is 0 Å². The first-order valence-electron chi connectivity index (χ1n) is 7.67. The Morgan fingerprint density at radius 2 is 1.84 bits per heavy atom. The summed E-state index contributed by atoms with van der Waals surface area (Å²) in [5.74, 6) is 0.467. The fourth-order valence-corrected chi connectivity index (χ4v) is 2.38. The molecule has 1 amide bonds. The van der Waals surface area contributed by atoms with Gasteiger partial charge >= 0.3 is 0 Å². The summed E-state index contributed by atoms with van der Waals surface area (Å²) >= 11 is 0. The molecular weight excluding hydrogens is 240 g/mol. The molecule has 4 nitrogen and oxygen atoms in total. The highest BCUT2D eigenvalue weighted by Crippen LogP contribution is 2.21. The second-order valence-corrected chi connectivity index (χ2v) is 5.94. The van der Waals surface area contributed by atoms with Gasteiger partial charge in [0.05, 0.1) is 6.10 Å². The minimum Gasteiger partial charge on any atom is -0.368 e. The Morgan fingerprint density at radius 3 is 2.37 bits per heavy atom. The maximum absolute atomic E-state index is 11.7. The molecule has 0 saturated heterocycles. The third-order valence-electron chi connectivity index (χ3n) is 4.01. The summed E-state index contributed by atoms with van der Waals surface area (Å²) in [7, 11) is 0. The van der Waals surface area contributed by atoms with Crippen molar-refractivity contribution in [3.63, 3.8) is 0 Å². The Labute approximate surface area is 117 Å². The van der Waals surface area contributed by atoms with Gasteiger partial charge in [0, 0.05) is 12.1 Å². The first kappa shape index (κ1) is 16.4. The van der Waals surface area contributed by atoms with Gasteiger partial charge in [0.15, 0.2) is 0 Å². The number of nitrogens with one attached hydrogen (secondary N) is 2. The van der Waals surface area contributed by atoms with Crippen LogP contribution in [-0.2, 0) is 9.53 Å². The summed E-state index contributed by atoms with van der Waals surface area (Å²) in [5.41, 5.74) is 0. The largest absolute Gasteiger partial charge is 0.368 e. The van der Waals surface area contributed by atoms with E-state index in [1.807, 2.05) is 6.92 Å². The van der Waals surface area contributed by atoms with Crippen molar-refractivity contribution in [2.24, 2.45) is 5.92 Å². The summed E-state index contributed by atoms with van der Waals surface area (Å²) < 4.78 is 5.71. The van der Waals surface area contributed by atoms with Crippen molar-refractivity contribution in [3.05, 3.63) is 0 Å². The predicted molar refractivity (Wildman–Crippen MR) is 78.1 cm³/mol. The maximum Gasteiger partial charge on any atom is 0.246 e. The number of carbonyl (C=O) groups excluding carboxylic acids is 1. The van der Waals surface area contributed by atoms with Crippen LogP contribution in [0.3, 0.4) is 0 Å². The molecule has 1 rings (SSSR count). The lowest BCUT2D eigenvalue weighted by Gasteiger charge is -2.29. The van der Waals surface area contributed by atoms with Crippen molar-refractivity contribution in [2.75, 3.05) is 13.2 Å². The lowest BCUT2D eigenvalue weighted by atomic mass is 9.93. The number of hydrogen-bond acceptors (Lipinski definition) is 3. The second kappa shape index (κ2) is 8.54. The van der Waals surface area contributed by atoms with Crippen LogP contribution in [0, 0.1) is 5.92 Å².